The van der Waals surface area contributed by atoms with Gasteiger partial charge in [0.2, 0.25) is 0 Å². The summed E-state index contributed by atoms with van der Waals surface area (Å²) in [5, 5.41) is 3.72. The zero-order valence-corrected chi connectivity index (χ0v) is 14.9. The number of benzene rings is 1. The minimum Gasteiger partial charge on any atom is -0.493 e. The summed E-state index contributed by atoms with van der Waals surface area (Å²) >= 11 is 3.60. The Morgan fingerprint density at radius 1 is 1.29 bits per heavy atom. The number of rotatable bonds is 8. The molecule has 0 spiro atoms. The number of nitrogens with one attached hydrogen (secondary N) is 1. The van der Waals surface area contributed by atoms with Gasteiger partial charge in [0.1, 0.15) is 0 Å². The highest BCUT2D eigenvalue weighted by atomic mass is 79.9. The third-order valence-corrected chi connectivity index (χ3v) is 4.98. The number of halogens is 1. The first-order chi connectivity index (χ1) is 10.1. The Bertz CT molecular complexity index is 467. The Kier molecular flexibility index (Phi) is 5.94. The highest BCUT2D eigenvalue weighted by molar-refractivity contribution is 9.10. The Morgan fingerprint density at radius 3 is 2.57 bits per heavy atom. The molecule has 0 saturated heterocycles. The van der Waals surface area contributed by atoms with E-state index in [-0.39, 0.29) is 0 Å². The molecule has 0 heterocycles. The maximum Gasteiger partial charge on any atom is 0.175 e. The van der Waals surface area contributed by atoms with Crippen LogP contribution in [0.2, 0.25) is 0 Å². The van der Waals surface area contributed by atoms with Crippen LogP contribution < -0.4 is 14.8 Å². The van der Waals surface area contributed by atoms with Crippen molar-refractivity contribution in [3.8, 4) is 11.5 Å². The second kappa shape index (κ2) is 7.50. The fourth-order valence-corrected chi connectivity index (χ4v) is 3.37. The van der Waals surface area contributed by atoms with Crippen molar-refractivity contribution < 1.29 is 9.47 Å². The molecule has 21 heavy (non-hydrogen) atoms. The molecule has 1 aromatic carbocycles. The van der Waals surface area contributed by atoms with Crippen molar-refractivity contribution in [3.05, 3.63) is 22.2 Å². The zero-order chi connectivity index (χ0) is 15.3. The summed E-state index contributed by atoms with van der Waals surface area (Å²) in [7, 11) is 1.69. The van der Waals surface area contributed by atoms with Crippen molar-refractivity contribution in [3.63, 3.8) is 0 Å². The minimum atomic E-state index is 0.358. The van der Waals surface area contributed by atoms with Crippen LogP contribution in [-0.2, 0) is 6.54 Å². The molecule has 118 valence electrons. The van der Waals surface area contributed by atoms with Gasteiger partial charge in [0.25, 0.3) is 0 Å². The van der Waals surface area contributed by atoms with Gasteiger partial charge in [-0.2, -0.15) is 0 Å². The van der Waals surface area contributed by atoms with Crippen LogP contribution in [0.1, 0.15) is 51.5 Å². The van der Waals surface area contributed by atoms with Crippen LogP contribution in [-0.4, -0.2) is 19.3 Å². The summed E-state index contributed by atoms with van der Waals surface area (Å²) < 4.78 is 12.2. The molecule has 1 aliphatic carbocycles. The van der Waals surface area contributed by atoms with Crippen LogP contribution in [0.5, 0.6) is 11.5 Å². The van der Waals surface area contributed by atoms with Crippen molar-refractivity contribution in [2.75, 3.05) is 13.7 Å². The molecule has 1 N–H and O–H groups in total. The van der Waals surface area contributed by atoms with Crippen LogP contribution in [0.4, 0.5) is 0 Å². The van der Waals surface area contributed by atoms with Gasteiger partial charge in [-0.15, -0.1) is 0 Å². The average molecular weight is 356 g/mol. The SMILES string of the molecule is CCCOc1c(Br)cc(CNC2(CC)CCC2)cc1OC. The van der Waals surface area contributed by atoms with Gasteiger partial charge in [-0.3, -0.25) is 0 Å². The Hall–Kier alpha value is -0.740. The van der Waals surface area contributed by atoms with E-state index < -0.39 is 0 Å². The highest BCUT2D eigenvalue weighted by Crippen LogP contribution is 2.38. The average Bonchev–Trinajstić information content (AvgIpc) is 2.45. The maximum atomic E-state index is 5.77. The van der Waals surface area contributed by atoms with E-state index in [1.165, 1.54) is 31.2 Å². The van der Waals surface area contributed by atoms with Crippen LogP contribution in [0.3, 0.4) is 0 Å². The van der Waals surface area contributed by atoms with Gasteiger partial charge in [-0.05, 0) is 65.7 Å². The predicted octanol–water partition coefficient (Wildman–Crippen LogP) is 4.67. The molecule has 1 fully saturated rings. The molecule has 0 bridgehead atoms. The summed E-state index contributed by atoms with van der Waals surface area (Å²) in [6.45, 7) is 5.94. The van der Waals surface area contributed by atoms with E-state index in [2.05, 4.69) is 47.2 Å². The first-order valence-electron chi connectivity index (χ1n) is 7.88. The van der Waals surface area contributed by atoms with Gasteiger partial charge >= 0.3 is 0 Å². The molecule has 0 unspecified atom stereocenters. The standard InChI is InChI=1S/C17H26BrNO2/c1-4-9-21-16-14(18)10-13(11-15(16)20-3)12-19-17(5-2)7-6-8-17/h10-11,19H,4-9,12H2,1-3H3. The highest BCUT2D eigenvalue weighted by Gasteiger charge is 2.34. The lowest BCUT2D eigenvalue weighted by molar-refractivity contribution is 0.175. The second-order valence-electron chi connectivity index (χ2n) is 5.80. The first-order valence-corrected chi connectivity index (χ1v) is 8.67. The van der Waals surface area contributed by atoms with E-state index in [9.17, 15) is 0 Å². The molecule has 0 radical (unpaired) electrons. The molecule has 0 aliphatic heterocycles. The van der Waals surface area contributed by atoms with E-state index in [0.717, 1.165) is 28.9 Å². The van der Waals surface area contributed by atoms with Gasteiger partial charge in [0, 0.05) is 12.1 Å². The van der Waals surface area contributed by atoms with E-state index in [1.54, 1.807) is 7.11 Å². The minimum absolute atomic E-state index is 0.358. The lowest BCUT2D eigenvalue weighted by Crippen LogP contribution is -2.49. The first kappa shape index (κ1) is 16.6. The molecular weight excluding hydrogens is 330 g/mol. The number of ether oxygens (including phenoxy) is 2. The molecule has 1 saturated carbocycles. The molecule has 1 aliphatic rings. The smallest absolute Gasteiger partial charge is 0.175 e. The zero-order valence-electron chi connectivity index (χ0n) is 13.3. The van der Waals surface area contributed by atoms with Crippen LogP contribution in [0.15, 0.2) is 16.6 Å². The Morgan fingerprint density at radius 2 is 2.05 bits per heavy atom. The summed E-state index contributed by atoms with van der Waals surface area (Å²) in [6, 6.07) is 4.20. The number of methoxy groups -OCH3 is 1. The van der Waals surface area contributed by atoms with Crippen molar-refractivity contribution >= 4 is 15.9 Å². The van der Waals surface area contributed by atoms with Gasteiger partial charge in [-0.1, -0.05) is 13.8 Å². The maximum absolute atomic E-state index is 5.77. The number of hydrogen-bond donors (Lipinski definition) is 1. The summed E-state index contributed by atoms with van der Waals surface area (Å²) in [5.41, 5.74) is 1.58. The van der Waals surface area contributed by atoms with Crippen LogP contribution in [0.25, 0.3) is 0 Å². The molecule has 2 rings (SSSR count). The van der Waals surface area contributed by atoms with Gasteiger partial charge in [0.05, 0.1) is 18.2 Å². The molecule has 1 aromatic rings. The van der Waals surface area contributed by atoms with E-state index in [0.29, 0.717) is 12.1 Å². The third-order valence-electron chi connectivity index (χ3n) is 4.39. The fourth-order valence-electron chi connectivity index (χ4n) is 2.77. The summed E-state index contributed by atoms with van der Waals surface area (Å²) in [6.07, 6.45) is 6.11. The van der Waals surface area contributed by atoms with Gasteiger partial charge in [-0.25, -0.2) is 0 Å². The largest absolute Gasteiger partial charge is 0.493 e. The van der Waals surface area contributed by atoms with Crippen molar-refractivity contribution in [2.24, 2.45) is 0 Å². The van der Waals surface area contributed by atoms with E-state index in [1.807, 2.05) is 0 Å². The fraction of sp³-hybridized carbons (Fsp3) is 0.647. The summed E-state index contributed by atoms with van der Waals surface area (Å²) in [5.74, 6) is 1.60. The quantitative estimate of drug-likeness (QED) is 0.734. The van der Waals surface area contributed by atoms with Crippen molar-refractivity contribution in [2.45, 2.75) is 58.0 Å². The predicted molar refractivity (Wildman–Crippen MR) is 90.2 cm³/mol. The molecule has 0 aromatic heterocycles. The van der Waals surface area contributed by atoms with Crippen molar-refractivity contribution in [1.29, 1.82) is 0 Å². The summed E-state index contributed by atoms with van der Waals surface area (Å²) in [4.78, 5) is 0. The number of hydrogen-bond acceptors (Lipinski definition) is 3. The normalized spacial score (nSPS) is 16.4. The Balaban J connectivity index is 2.08. The molecule has 3 nitrogen and oxygen atoms in total. The van der Waals surface area contributed by atoms with Gasteiger partial charge in [0.15, 0.2) is 11.5 Å². The van der Waals surface area contributed by atoms with Crippen molar-refractivity contribution in [1.82, 2.24) is 5.32 Å². The molecule has 0 amide bonds. The molecule has 0 atom stereocenters. The topological polar surface area (TPSA) is 30.5 Å². The van der Waals surface area contributed by atoms with Crippen LogP contribution in [0, 0.1) is 0 Å². The third kappa shape index (κ3) is 3.92. The second-order valence-corrected chi connectivity index (χ2v) is 6.65. The lowest BCUT2D eigenvalue weighted by Gasteiger charge is -2.42. The molecular formula is C17H26BrNO2. The monoisotopic (exact) mass is 355 g/mol. The Labute approximate surface area is 136 Å². The van der Waals surface area contributed by atoms with E-state index in [4.69, 9.17) is 9.47 Å². The lowest BCUT2D eigenvalue weighted by atomic mass is 9.75. The van der Waals surface area contributed by atoms with E-state index >= 15 is 0 Å². The van der Waals surface area contributed by atoms with Gasteiger partial charge < -0.3 is 14.8 Å². The molecule has 4 heteroatoms. The van der Waals surface area contributed by atoms with Crippen LogP contribution >= 0.6 is 15.9 Å².